The van der Waals surface area contributed by atoms with Gasteiger partial charge in [0.25, 0.3) is 5.91 Å². The molecule has 0 aromatic carbocycles. The van der Waals surface area contributed by atoms with Crippen LogP contribution in [-0.4, -0.2) is 80.6 Å². The summed E-state index contributed by atoms with van der Waals surface area (Å²) in [5.74, 6) is 0.0435. The molecule has 2 aliphatic rings. The molecular weight excluding hydrogens is 370 g/mol. The Hall–Kier alpha value is -2.68. The van der Waals surface area contributed by atoms with Crippen molar-refractivity contribution in [2.75, 3.05) is 33.2 Å². The molecule has 29 heavy (non-hydrogen) atoms. The number of aromatic amines is 1. The average molecular weight is 399 g/mol. The van der Waals surface area contributed by atoms with Crippen molar-refractivity contribution in [1.29, 1.82) is 0 Å². The Morgan fingerprint density at radius 2 is 2.24 bits per heavy atom. The summed E-state index contributed by atoms with van der Waals surface area (Å²) in [5.41, 5.74) is 0.0360. The van der Waals surface area contributed by atoms with Gasteiger partial charge in [-0.3, -0.25) is 14.7 Å². The van der Waals surface area contributed by atoms with E-state index in [1.807, 2.05) is 15.7 Å². The fourth-order valence-corrected chi connectivity index (χ4v) is 4.74. The summed E-state index contributed by atoms with van der Waals surface area (Å²) in [6.07, 6.45) is 11.9. The fourth-order valence-electron chi connectivity index (χ4n) is 4.74. The van der Waals surface area contributed by atoms with Gasteiger partial charge >= 0.3 is 0 Å². The highest BCUT2D eigenvalue weighted by molar-refractivity contribution is 5.95. The molecule has 2 N–H and O–H groups in total. The molecule has 0 spiro atoms. The van der Waals surface area contributed by atoms with E-state index < -0.39 is 5.41 Å². The number of hydrogen-bond donors (Lipinski definition) is 2. The Bertz CT molecular complexity index is 820. The van der Waals surface area contributed by atoms with Crippen molar-refractivity contribution in [1.82, 2.24) is 34.9 Å². The highest BCUT2D eigenvalue weighted by atomic mass is 16.2. The van der Waals surface area contributed by atoms with Gasteiger partial charge in [0.15, 0.2) is 0 Å². The lowest BCUT2D eigenvalue weighted by molar-refractivity contribution is -0.142. The number of hydrogen-bond acceptors (Lipinski definition) is 5. The molecule has 4 rings (SSSR count). The van der Waals surface area contributed by atoms with Crippen molar-refractivity contribution >= 4 is 11.8 Å². The number of imidazole rings is 1. The number of aromatic nitrogens is 4. The Morgan fingerprint density at radius 1 is 1.34 bits per heavy atom. The normalized spacial score (nSPS) is 24.9. The molecule has 0 radical (unpaired) electrons. The minimum Gasteiger partial charge on any atom is -0.355 e. The molecule has 4 heterocycles. The smallest absolute Gasteiger partial charge is 0.257 e. The van der Waals surface area contributed by atoms with Crippen LogP contribution in [0.3, 0.4) is 0 Å². The van der Waals surface area contributed by atoms with Crippen molar-refractivity contribution in [3.63, 3.8) is 0 Å². The monoisotopic (exact) mass is 399 g/mol. The van der Waals surface area contributed by atoms with E-state index >= 15 is 0 Å². The molecule has 2 aromatic rings. The quantitative estimate of drug-likeness (QED) is 0.698. The number of nitrogens with zero attached hydrogens (tertiary/aromatic N) is 5. The molecule has 2 atom stereocenters. The first-order chi connectivity index (χ1) is 14.1. The predicted molar refractivity (Wildman–Crippen MR) is 107 cm³/mol. The van der Waals surface area contributed by atoms with Crippen LogP contribution in [0.2, 0.25) is 0 Å². The Balaban J connectivity index is 1.46. The molecule has 0 bridgehead atoms. The van der Waals surface area contributed by atoms with Crippen LogP contribution in [0.15, 0.2) is 31.1 Å². The van der Waals surface area contributed by atoms with E-state index in [-0.39, 0.29) is 17.9 Å². The first kappa shape index (κ1) is 19.6. The molecular formula is C20H29N7O2. The van der Waals surface area contributed by atoms with Crippen molar-refractivity contribution in [2.24, 2.45) is 5.41 Å². The predicted octanol–water partition coefficient (Wildman–Crippen LogP) is 0.739. The van der Waals surface area contributed by atoms with E-state index in [1.165, 1.54) is 0 Å². The molecule has 0 aliphatic carbocycles. The van der Waals surface area contributed by atoms with E-state index in [0.29, 0.717) is 25.2 Å². The summed E-state index contributed by atoms with van der Waals surface area (Å²) in [5, 5.41) is 9.79. The SMILES string of the molecule is CN1CC[C@]2(C(=O)NCCCn3ccnc3)CCCN(C(=O)c3cn[nH]c3)[C@H]2C1. The molecule has 0 unspecified atom stereocenters. The van der Waals surface area contributed by atoms with Crippen LogP contribution in [0.5, 0.6) is 0 Å². The van der Waals surface area contributed by atoms with Crippen LogP contribution in [-0.2, 0) is 11.3 Å². The van der Waals surface area contributed by atoms with Gasteiger partial charge in [0.1, 0.15) is 0 Å². The third kappa shape index (κ3) is 3.91. The summed E-state index contributed by atoms with van der Waals surface area (Å²) in [7, 11) is 2.06. The number of carbonyl (C=O) groups is 2. The number of nitrogens with one attached hydrogen (secondary N) is 2. The van der Waals surface area contributed by atoms with Gasteiger partial charge in [0.05, 0.1) is 29.5 Å². The first-order valence-electron chi connectivity index (χ1n) is 10.3. The summed E-state index contributed by atoms with van der Waals surface area (Å²) < 4.78 is 2.01. The summed E-state index contributed by atoms with van der Waals surface area (Å²) in [4.78, 5) is 34.6. The zero-order chi connectivity index (χ0) is 20.3. The van der Waals surface area contributed by atoms with E-state index in [4.69, 9.17) is 0 Å². The van der Waals surface area contributed by atoms with Crippen molar-refractivity contribution in [3.8, 4) is 0 Å². The number of amides is 2. The lowest BCUT2D eigenvalue weighted by atomic mass is 9.67. The van der Waals surface area contributed by atoms with Crippen LogP contribution in [0.4, 0.5) is 0 Å². The number of piperidine rings is 2. The highest BCUT2D eigenvalue weighted by Crippen LogP contribution is 2.43. The standard InChI is InChI=1S/C20H29N7O2/c1-25-10-5-20(19(29)22-6-3-8-26-11-7-21-15-26)4-2-9-27(17(20)14-25)18(28)16-12-23-24-13-16/h7,11-13,15,17H,2-6,8-10,14H2,1H3,(H,22,29)(H,23,24)/t17-,20+/m0/s1. The van der Waals surface area contributed by atoms with E-state index in [9.17, 15) is 9.59 Å². The lowest BCUT2D eigenvalue weighted by Crippen LogP contribution is -2.66. The molecule has 9 heteroatoms. The minimum absolute atomic E-state index is 0.0453. The fraction of sp³-hybridized carbons (Fsp3) is 0.600. The van der Waals surface area contributed by atoms with E-state index in [2.05, 4.69) is 32.4 Å². The van der Waals surface area contributed by atoms with Crippen LogP contribution >= 0.6 is 0 Å². The van der Waals surface area contributed by atoms with Gasteiger partial charge in [0, 0.05) is 44.8 Å². The second-order valence-electron chi connectivity index (χ2n) is 8.18. The molecule has 2 fully saturated rings. The minimum atomic E-state index is -0.515. The number of H-pyrrole nitrogens is 1. The number of carbonyl (C=O) groups excluding carboxylic acids is 2. The van der Waals surface area contributed by atoms with Crippen molar-refractivity contribution < 1.29 is 9.59 Å². The third-order valence-corrected chi connectivity index (χ3v) is 6.36. The number of aryl methyl sites for hydroxylation is 1. The van der Waals surface area contributed by atoms with Gasteiger partial charge in [-0.15, -0.1) is 0 Å². The van der Waals surface area contributed by atoms with E-state index in [0.717, 1.165) is 38.8 Å². The average Bonchev–Trinajstić information content (AvgIpc) is 3.44. The van der Waals surface area contributed by atoms with Crippen molar-refractivity contribution in [2.45, 2.75) is 38.3 Å². The summed E-state index contributed by atoms with van der Waals surface area (Å²) >= 11 is 0. The van der Waals surface area contributed by atoms with Crippen molar-refractivity contribution in [3.05, 3.63) is 36.7 Å². The molecule has 2 aliphatic heterocycles. The van der Waals surface area contributed by atoms with Gasteiger partial charge in [-0.05, 0) is 39.3 Å². The van der Waals surface area contributed by atoms with E-state index in [1.54, 1.807) is 24.9 Å². The molecule has 2 aromatic heterocycles. The number of likely N-dealkylation sites (tertiary alicyclic amines) is 2. The first-order valence-corrected chi connectivity index (χ1v) is 10.3. The molecule has 2 saturated heterocycles. The molecule has 0 saturated carbocycles. The maximum absolute atomic E-state index is 13.4. The van der Waals surface area contributed by atoms with Crippen LogP contribution < -0.4 is 5.32 Å². The maximum atomic E-state index is 13.4. The van der Waals surface area contributed by atoms with Gasteiger partial charge in [-0.25, -0.2) is 4.98 Å². The molecule has 156 valence electrons. The van der Waals surface area contributed by atoms with Gasteiger partial charge < -0.3 is 19.7 Å². The van der Waals surface area contributed by atoms with Crippen LogP contribution in [0, 0.1) is 5.41 Å². The lowest BCUT2D eigenvalue weighted by Gasteiger charge is -2.53. The van der Waals surface area contributed by atoms with Gasteiger partial charge in [-0.1, -0.05) is 0 Å². The Kier molecular flexibility index (Phi) is 5.66. The maximum Gasteiger partial charge on any atom is 0.257 e. The molecule has 9 nitrogen and oxygen atoms in total. The topological polar surface area (TPSA) is 99.2 Å². The Morgan fingerprint density at radius 3 is 3.00 bits per heavy atom. The number of likely N-dealkylation sites (N-methyl/N-ethyl adjacent to an activating group) is 1. The second-order valence-corrected chi connectivity index (χ2v) is 8.18. The number of rotatable bonds is 6. The summed E-state index contributed by atoms with van der Waals surface area (Å²) in [6, 6.07) is -0.119. The zero-order valence-electron chi connectivity index (χ0n) is 16.9. The van der Waals surface area contributed by atoms with Gasteiger partial charge in [-0.2, -0.15) is 5.10 Å². The second kappa shape index (κ2) is 8.36. The largest absolute Gasteiger partial charge is 0.355 e. The Labute approximate surface area is 170 Å². The summed E-state index contributed by atoms with van der Waals surface area (Å²) in [6.45, 7) is 3.71. The van der Waals surface area contributed by atoms with Gasteiger partial charge in [0.2, 0.25) is 5.91 Å². The number of fused-ring (bicyclic) bond motifs is 1. The zero-order valence-corrected chi connectivity index (χ0v) is 16.9. The van der Waals surface area contributed by atoms with Crippen LogP contribution in [0.1, 0.15) is 36.0 Å². The highest BCUT2D eigenvalue weighted by Gasteiger charge is 2.53. The van der Waals surface area contributed by atoms with Crippen LogP contribution in [0.25, 0.3) is 0 Å². The third-order valence-electron chi connectivity index (χ3n) is 6.36. The molecule has 2 amide bonds.